The van der Waals surface area contributed by atoms with E-state index in [0.717, 1.165) is 0 Å². The Morgan fingerprint density at radius 3 is 2.30 bits per heavy atom. The van der Waals surface area contributed by atoms with Crippen LogP contribution in [0.1, 0.15) is 42.4 Å². The molecule has 3 aromatic rings. The molecule has 0 N–H and O–H groups in total. The summed E-state index contributed by atoms with van der Waals surface area (Å²) in [6.07, 6.45) is -0.0593. The van der Waals surface area contributed by atoms with Crippen molar-refractivity contribution in [2.45, 2.75) is 39.7 Å². The molecule has 0 fully saturated rings. The zero-order valence-corrected chi connectivity index (χ0v) is 18.3. The first-order chi connectivity index (χ1) is 14.0. The molecule has 0 unspecified atom stereocenters. The Morgan fingerprint density at radius 2 is 1.73 bits per heavy atom. The van der Waals surface area contributed by atoms with Crippen LogP contribution in [0.25, 0.3) is 10.9 Å². The van der Waals surface area contributed by atoms with Crippen LogP contribution in [-0.4, -0.2) is 29.2 Å². The number of rotatable bonds is 4. The van der Waals surface area contributed by atoms with Crippen LogP contribution < -0.4 is 4.74 Å². The number of ether oxygens (including phenoxy) is 2. The summed E-state index contributed by atoms with van der Waals surface area (Å²) in [4.78, 5) is 25.8. The normalized spacial score (nSPS) is 11.6. The topological polar surface area (TPSA) is 57.5 Å². The van der Waals surface area contributed by atoms with Gasteiger partial charge in [0.25, 0.3) is 5.91 Å². The van der Waals surface area contributed by atoms with Gasteiger partial charge in [-0.25, -0.2) is 4.39 Å². The van der Waals surface area contributed by atoms with E-state index in [0.29, 0.717) is 38.5 Å². The highest BCUT2D eigenvalue weighted by Gasteiger charge is 2.26. The molecular formula is C23H23ClFNO4. The Kier molecular flexibility index (Phi) is 5.90. The summed E-state index contributed by atoms with van der Waals surface area (Å²) in [6.45, 7) is 7.10. The first-order valence-corrected chi connectivity index (χ1v) is 9.79. The number of nitrogens with zero attached hydrogens (tertiary/aromatic N) is 1. The summed E-state index contributed by atoms with van der Waals surface area (Å²) in [6, 6.07) is 8.67. The second-order valence-electron chi connectivity index (χ2n) is 7.95. The van der Waals surface area contributed by atoms with Gasteiger partial charge >= 0.3 is 5.97 Å². The van der Waals surface area contributed by atoms with E-state index in [1.807, 2.05) is 0 Å². The molecule has 7 heteroatoms. The Bertz CT molecular complexity index is 1130. The van der Waals surface area contributed by atoms with E-state index in [1.165, 1.54) is 35.9 Å². The van der Waals surface area contributed by atoms with Crippen LogP contribution in [0.4, 0.5) is 4.39 Å². The number of carbonyl (C=O) groups excluding carboxylic acids is 2. The van der Waals surface area contributed by atoms with Gasteiger partial charge in [-0.15, -0.1) is 0 Å². The van der Waals surface area contributed by atoms with Crippen molar-refractivity contribution in [1.29, 1.82) is 0 Å². The molecule has 0 radical (unpaired) electrons. The van der Waals surface area contributed by atoms with Crippen LogP contribution >= 0.6 is 11.6 Å². The van der Waals surface area contributed by atoms with Gasteiger partial charge in [0, 0.05) is 16.6 Å². The van der Waals surface area contributed by atoms with E-state index < -0.39 is 17.4 Å². The molecule has 0 spiro atoms. The highest BCUT2D eigenvalue weighted by Crippen LogP contribution is 2.38. The van der Waals surface area contributed by atoms with E-state index in [-0.39, 0.29) is 12.3 Å². The van der Waals surface area contributed by atoms with Gasteiger partial charge in [0.05, 0.1) is 24.1 Å². The maximum Gasteiger partial charge on any atom is 0.310 e. The van der Waals surface area contributed by atoms with Gasteiger partial charge < -0.3 is 9.47 Å². The summed E-state index contributed by atoms with van der Waals surface area (Å²) in [5, 5.41) is 0.858. The van der Waals surface area contributed by atoms with Crippen LogP contribution in [0, 0.1) is 12.7 Å². The third-order valence-corrected chi connectivity index (χ3v) is 5.03. The lowest BCUT2D eigenvalue weighted by Crippen LogP contribution is -2.25. The zero-order chi connectivity index (χ0) is 22.2. The second-order valence-corrected chi connectivity index (χ2v) is 8.33. The smallest absolute Gasteiger partial charge is 0.310 e. The maximum absolute atomic E-state index is 13.3. The Balaban J connectivity index is 2.20. The predicted molar refractivity (Wildman–Crippen MR) is 114 cm³/mol. The molecule has 2 aromatic carbocycles. The van der Waals surface area contributed by atoms with Gasteiger partial charge in [-0.1, -0.05) is 11.6 Å². The van der Waals surface area contributed by atoms with E-state index in [9.17, 15) is 14.0 Å². The van der Waals surface area contributed by atoms with Crippen molar-refractivity contribution in [3.8, 4) is 5.75 Å². The number of methoxy groups -OCH3 is 1. The summed E-state index contributed by atoms with van der Waals surface area (Å²) in [5.74, 6) is -0.785. The number of esters is 1. The van der Waals surface area contributed by atoms with Crippen molar-refractivity contribution in [3.05, 3.63) is 64.1 Å². The average Bonchev–Trinajstić information content (AvgIpc) is 2.93. The minimum absolute atomic E-state index is 0.0593. The van der Waals surface area contributed by atoms with E-state index in [4.69, 9.17) is 21.1 Å². The molecule has 0 aliphatic carbocycles. The molecular weight excluding hydrogens is 409 g/mol. The molecule has 0 saturated carbocycles. The monoisotopic (exact) mass is 431 g/mol. The molecule has 3 rings (SSSR count). The molecule has 0 amide bonds. The van der Waals surface area contributed by atoms with Crippen LogP contribution in [0.5, 0.6) is 5.75 Å². The largest absolute Gasteiger partial charge is 0.495 e. The summed E-state index contributed by atoms with van der Waals surface area (Å²) >= 11 is 6.57. The van der Waals surface area contributed by atoms with Crippen molar-refractivity contribution in [3.63, 3.8) is 0 Å². The van der Waals surface area contributed by atoms with Gasteiger partial charge in [0.15, 0.2) is 0 Å². The Hall–Kier alpha value is -2.86. The first kappa shape index (κ1) is 21.8. The maximum atomic E-state index is 13.3. The Morgan fingerprint density at radius 1 is 1.10 bits per heavy atom. The molecule has 0 saturated heterocycles. The Labute approximate surface area is 179 Å². The number of aromatic nitrogens is 1. The lowest BCUT2D eigenvalue weighted by atomic mass is 10.1. The molecule has 30 heavy (non-hydrogen) atoms. The van der Waals surface area contributed by atoms with Gasteiger partial charge in [-0.2, -0.15) is 0 Å². The number of hydrogen-bond donors (Lipinski definition) is 0. The molecule has 158 valence electrons. The molecule has 0 bridgehead atoms. The lowest BCUT2D eigenvalue weighted by molar-refractivity contribution is -0.153. The fourth-order valence-corrected chi connectivity index (χ4v) is 3.75. The molecule has 0 aliphatic rings. The van der Waals surface area contributed by atoms with E-state index in [2.05, 4.69) is 0 Å². The van der Waals surface area contributed by atoms with Crippen molar-refractivity contribution in [2.24, 2.45) is 0 Å². The number of carbonyl (C=O) groups is 2. The standard InChI is InChI=1S/C23H23ClFNO4/c1-13-16(12-19(27)30-23(2,3)4)20-17(10-11-18(29-5)21(20)24)26(13)22(28)14-6-8-15(25)9-7-14/h6-11H,12H2,1-5H3. The summed E-state index contributed by atoms with van der Waals surface area (Å²) in [7, 11) is 1.49. The van der Waals surface area contributed by atoms with Crippen molar-refractivity contribution in [2.75, 3.05) is 7.11 Å². The van der Waals surface area contributed by atoms with Crippen LogP contribution in [-0.2, 0) is 16.0 Å². The minimum atomic E-state index is -0.644. The van der Waals surface area contributed by atoms with Crippen LogP contribution in [0.2, 0.25) is 5.02 Å². The fraction of sp³-hybridized carbons (Fsp3) is 0.304. The summed E-state index contributed by atoms with van der Waals surface area (Å²) < 4.78 is 25.6. The van der Waals surface area contributed by atoms with Crippen molar-refractivity contribution < 1.29 is 23.5 Å². The minimum Gasteiger partial charge on any atom is -0.495 e. The molecule has 0 aliphatic heterocycles. The number of halogens is 2. The first-order valence-electron chi connectivity index (χ1n) is 9.42. The lowest BCUT2D eigenvalue weighted by Gasteiger charge is -2.19. The molecule has 1 heterocycles. The van der Waals surface area contributed by atoms with Crippen molar-refractivity contribution >= 4 is 34.4 Å². The van der Waals surface area contributed by atoms with Crippen LogP contribution in [0.15, 0.2) is 36.4 Å². The van der Waals surface area contributed by atoms with Gasteiger partial charge in [0.2, 0.25) is 0 Å². The average molecular weight is 432 g/mol. The molecule has 1 aromatic heterocycles. The molecule has 5 nitrogen and oxygen atoms in total. The van der Waals surface area contributed by atoms with Crippen LogP contribution in [0.3, 0.4) is 0 Å². The highest BCUT2D eigenvalue weighted by molar-refractivity contribution is 6.37. The van der Waals surface area contributed by atoms with Gasteiger partial charge in [0.1, 0.15) is 17.2 Å². The van der Waals surface area contributed by atoms with E-state index >= 15 is 0 Å². The van der Waals surface area contributed by atoms with Gasteiger partial charge in [-0.3, -0.25) is 14.2 Å². The number of hydrogen-bond acceptors (Lipinski definition) is 4. The third kappa shape index (κ3) is 4.19. The molecule has 0 atom stereocenters. The van der Waals surface area contributed by atoms with E-state index in [1.54, 1.807) is 39.8 Å². The predicted octanol–water partition coefficient (Wildman–Crippen LogP) is 5.32. The summed E-state index contributed by atoms with van der Waals surface area (Å²) in [5.41, 5.74) is 1.34. The SMILES string of the molecule is COc1ccc2c(c1Cl)c(CC(=O)OC(C)(C)C)c(C)n2C(=O)c1ccc(F)cc1. The third-order valence-electron chi connectivity index (χ3n) is 4.65. The number of fused-ring (bicyclic) bond motifs is 1. The van der Waals surface area contributed by atoms with Gasteiger partial charge in [-0.05, 0) is 69.7 Å². The number of benzene rings is 2. The fourth-order valence-electron chi connectivity index (χ4n) is 3.40. The second kappa shape index (κ2) is 8.11. The zero-order valence-electron chi connectivity index (χ0n) is 17.5. The van der Waals surface area contributed by atoms with Crippen molar-refractivity contribution in [1.82, 2.24) is 4.57 Å². The quantitative estimate of drug-likeness (QED) is 0.524. The highest BCUT2D eigenvalue weighted by atomic mass is 35.5.